The number of aliphatic hydroxyl groups excluding tert-OH is 1. The van der Waals surface area contributed by atoms with E-state index in [4.69, 9.17) is 9.47 Å². The highest BCUT2D eigenvalue weighted by Gasteiger charge is 2.36. The van der Waals surface area contributed by atoms with Gasteiger partial charge in [-0.25, -0.2) is 9.59 Å². The number of hydrogen-bond acceptors (Lipinski definition) is 9. The van der Waals surface area contributed by atoms with Gasteiger partial charge in [0, 0.05) is 0 Å². The standard InChI is InChI=1S/C49H62N6O9/c1-31(2)41(54-44(57)33(5)50-48(61)63-29-37-23-15-9-16-24-37)46(59)52-39(27-35-19-11-7-12-20-35)43(56)40(28-36-21-13-8-14-22-36)53-47(60)42(32(3)4)55-45(58)34(6)51-49(62)64-30-38-25-17-10-18-26-38/h7-26,31-34,39-43,56H,27-30H2,1-6H3,(H,50,61)(H,51,62)(H,52,59)(H,53,60)(H,54,57)(H,55,58)/t33-,34-,39-,40-,41-,42-/m0/s1. The summed E-state index contributed by atoms with van der Waals surface area (Å²) < 4.78 is 10.5. The van der Waals surface area contributed by atoms with Crippen LogP contribution in [-0.4, -0.2) is 83.3 Å². The first-order valence-electron chi connectivity index (χ1n) is 21.5. The number of benzene rings is 4. The molecule has 0 saturated heterocycles. The van der Waals surface area contributed by atoms with Gasteiger partial charge in [-0.05, 0) is 60.8 Å². The van der Waals surface area contributed by atoms with E-state index in [0.717, 1.165) is 22.3 Å². The van der Waals surface area contributed by atoms with Crippen LogP contribution in [0.4, 0.5) is 9.59 Å². The fourth-order valence-electron chi connectivity index (χ4n) is 6.72. The van der Waals surface area contributed by atoms with Crippen LogP contribution < -0.4 is 31.9 Å². The van der Waals surface area contributed by atoms with E-state index < -0.39 is 90.0 Å². The average Bonchev–Trinajstić information content (AvgIpc) is 3.28. The summed E-state index contributed by atoms with van der Waals surface area (Å²) in [7, 11) is 0. The van der Waals surface area contributed by atoms with Crippen molar-refractivity contribution >= 4 is 35.8 Å². The summed E-state index contributed by atoms with van der Waals surface area (Å²) in [4.78, 5) is 80.2. The van der Waals surface area contributed by atoms with Crippen molar-refractivity contribution < 1.29 is 43.3 Å². The van der Waals surface area contributed by atoms with Crippen molar-refractivity contribution in [1.29, 1.82) is 0 Å². The Balaban J connectivity index is 1.50. The molecule has 4 rings (SSSR count). The fourth-order valence-corrected chi connectivity index (χ4v) is 6.72. The molecule has 0 unspecified atom stereocenters. The predicted octanol–water partition coefficient (Wildman–Crippen LogP) is 4.71. The van der Waals surface area contributed by atoms with Crippen LogP contribution in [0.1, 0.15) is 63.8 Å². The van der Waals surface area contributed by atoms with E-state index in [2.05, 4.69) is 31.9 Å². The maximum atomic E-state index is 14.2. The Morgan fingerprint density at radius 3 is 1.02 bits per heavy atom. The van der Waals surface area contributed by atoms with Crippen LogP contribution in [0.2, 0.25) is 0 Å². The number of hydrogen-bond donors (Lipinski definition) is 7. The molecule has 64 heavy (non-hydrogen) atoms. The molecule has 4 aromatic rings. The minimum absolute atomic E-state index is 0.00620. The van der Waals surface area contributed by atoms with Gasteiger partial charge in [0.2, 0.25) is 23.6 Å². The molecule has 15 nitrogen and oxygen atoms in total. The highest BCUT2D eigenvalue weighted by molar-refractivity contribution is 5.92. The van der Waals surface area contributed by atoms with Gasteiger partial charge < -0.3 is 46.5 Å². The number of rotatable bonds is 22. The molecule has 6 amide bonds. The number of ether oxygens (including phenoxy) is 2. The van der Waals surface area contributed by atoms with Gasteiger partial charge in [-0.15, -0.1) is 0 Å². The fraction of sp³-hybridized carbons (Fsp3) is 0.388. The molecule has 7 N–H and O–H groups in total. The molecule has 0 bridgehead atoms. The van der Waals surface area contributed by atoms with Crippen LogP contribution in [0.15, 0.2) is 121 Å². The molecule has 0 spiro atoms. The highest BCUT2D eigenvalue weighted by atomic mass is 16.6. The Labute approximate surface area is 375 Å². The lowest BCUT2D eigenvalue weighted by Gasteiger charge is -2.34. The SMILES string of the molecule is CC(C)[C@H](NC(=O)[C@H](C)NC(=O)OCc1ccccc1)C(=O)N[C@@H](Cc1ccccc1)C(O)[C@H](Cc1ccccc1)NC(=O)[C@@H](NC(=O)[C@H](C)NC(=O)OCc1ccccc1)C(C)C. The van der Waals surface area contributed by atoms with Gasteiger partial charge in [0.1, 0.15) is 37.4 Å². The smallest absolute Gasteiger partial charge is 0.408 e. The zero-order chi connectivity index (χ0) is 46.6. The monoisotopic (exact) mass is 878 g/mol. The lowest BCUT2D eigenvalue weighted by Crippen LogP contribution is -2.62. The van der Waals surface area contributed by atoms with Crippen molar-refractivity contribution in [3.63, 3.8) is 0 Å². The molecular weight excluding hydrogens is 817 g/mol. The second-order valence-corrected chi connectivity index (χ2v) is 16.4. The lowest BCUT2D eigenvalue weighted by molar-refractivity contribution is -0.132. The van der Waals surface area contributed by atoms with Crippen LogP contribution >= 0.6 is 0 Å². The van der Waals surface area contributed by atoms with Crippen LogP contribution in [0.25, 0.3) is 0 Å². The summed E-state index contributed by atoms with van der Waals surface area (Å²) in [5.74, 6) is -3.29. The summed E-state index contributed by atoms with van der Waals surface area (Å²) in [5, 5.41) is 28.7. The second-order valence-electron chi connectivity index (χ2n) is 16.4. The van der Waals surface area contributed by atoms with Crippen LogP contribution in [-0.2, 0) is 54.7 Å². The first kappa shape index (κ1) is 49.9. The molecule has 0 fully saturated rings. The lowest BCUT2D eigenvalue weighted by atomic mass is 9.91. The zero-order valence-corrected chi connectivity index (χ0v) is 37.3. The van der Waals surface area contributed by atoms with E-state index in [1.165, 1.54) is 13.8 Å². The molecule has 0 aromatic heterocycles. The van der Waals surface area contributed by atoms with Crippen molar-refractivity contribution in [2.45, 2.75) is 110 Å². The molecule has 0 aliphatic heterocycles. The third-order valence-electron chi connectivity index (χ3n) is 10.5. The summed E-state index contributed by atoms with van der Waals surface area (Å²) >= 11 is 0. The van der Waals surface area contributed by atoms with Crippen LogP contribution in [0.3, 0.4) is 0 Å². The second kappa shape index (κ2) is 25.4. The van der Waals surface area contributed by atoms with E-state index in [-0.39, 0.29) is 26.1 Å². The van der Waals surface area contributed by atoms with Gasteiger partial charge in [-0.3, -0.25) is 19.2 Å². The van der Waals surface area contributed by atoms with Gasteiger partial charge >= 0.3 is 12.2 Å². The predicted molar refractivity (Wildman–Crippen MR) is 242 cm³/mol. The molecule has 15 heteroatoms. The Morgan fingerprint density at radius 2 is 0.719 bits per heavy atom. The molecule has 6 atom stereocenters. The molecule has 0 aliphatic rings. The van der Waals surface area contributed by atoms with E-state index in [9.17, 15) is 33.9 Å². The maximum absolute atomic E-state index is 14.2. The molecule has 0 aliphatic carbocycles. The molecule has 4 aromatic carbocycles. The number of aliphatic hydroxyl groups is 1. The van der Waals surface area contributed by atoms with Gasteiger partial charge in [0.25, 0.3) is 0 Å². The summed E-state index contributed by atoms with van der Waals surface area (Å²) in [6.45, 7) is 9.96. The Bertz CT molecular complexity index is 1940. The first-order chi connectivity index (χ1) is 30.6. The van der Waals surface area contributed by atoms with E-state index in [0.29, 0.717) is 0 Å². The zero-order valence-electron chi connectivity index (χ0n) is 37.3. The molecule has 0 radical (unpaired) electrons. The number of amides is 6. The first-order valence-corrected chi connectivity index (χ1v) is 21.5. The molecular formula is C49H62N6O9. The van der Waals surface area contributed by atoms with Gasteiger partial charge in [-0.1, -0.05) is 149 Å². The Morgan fingerprint density at radius 1 is 0.422 bits per heavy atom. The minimum atomic E-state index is -1.40. The van der Waals surface area contributed by atoms with E-state index >= 15 is 0 Å². The maximum Gasteiger partial charge on any atom is 0.408 e. The highest BCUT2D eigenvalue weighted by Crippen LogP contribution is 2.16. The van der Waals surface area contributed by atoms with Gasteiger partial charge in [-0.2, -0.15) is 0 Å². The number of alkyl carbamates (subject to hydrolysis) is 2. The Hall–Kier alpha value is -6.74. The average molecular weight is 879 g/mol. The summed E-state index contributed by atoms with van der Waals surface area (Å²) in [6.07, 6.45) is -2.72. The van der Waals surface area contributed by atoms with Crippen LogP contribution in [0, 0.1) is 11.8 Å². The largest absolute Gasteiger partial charge is 0.445 e. The number of nitrogens with one attached hydrogen (secondary N) is 6. The number of carbonyl (C=O) groups is 6. The summed E-state index contributed by atoms with van der Waals surface area (Å²) in [5.41, 5.74) is 3.11. The van der Waals surface area contributed by atoms with Crippen molar-refractivity contribution in [2.24, 2.45) is 11.8 Å². The number of carbonyl (C=O) groups excluding carboxylic acids is 6. The van der Waals surface area contributed by atoms with Gasteiger partial charge in [0.15, 0.2) is 0 Å². The van der Waals surface area contributed by atoms with E-state index in [1.54, 1.807) is 52.0 Å². The molecule has 342 valence electrons. The summed E-state index contributed by atoms with van der Waals surface area (Å²) in [6, 6.07) is 30.2. The third kappa shape index (κ3) is 16.5. The molecule has 0 saturated carbocycles. The van der Waals surface area contributed by atoms with Crippen molar-refractivity contribution in [1.82, 2.24) is 31.9 Å². The quantitative estimate of drug-likeness (QED) is 0.0582. The van der Waals surface area contributed by atoms with E-state index in [1.807, 2.05) is 97.1 Å². The van der Waals surface area contributed by atoms with Crippen molar-refractivity contribution in [3.8, 4) is 0 Å². The van der Waals surface area contributed by atoms with Crippen molar-refractivity contribution in [3.05, 3.63) is 144 Å². The topological polar surface area (TPSA) is 213 Å². The van der Waals surface area contributed by atoms with Crippen molar-refractivity contribution in [2.75, 3.05) is 0 Å². The van der Waals surface area contributed by atoms with Crippen LogP contribution in [0.5, 0.6) is 0 Å². The normalized spacial score (nSPS) is 13.9. The molecule has 0 heterocycles. The van der Waals surface area contributed by atoms with Gasteiger partial charge in [0.05, 0.1) is 18.2 Å². The minimum Gasteiger partial charge on any atom is -0.445 e. The Kier molecular flexibility index (Phi) is 19.8. The third-order valence-corrected chi connectivity index (χ3v) is 10.5.